The van der Waals surface area contributed by atoms with E-state index in [0.29, 0.717) is 5.82 Å². The molecule has 7 aromatic carbocycles. The number of benzene rings is 7. The molecule has 234 valence electrons. The van der Waals surface area contributed by atoms with Crippen LogP contribution in [-0.2, 0) is 5.41 Å². The number of rotatable bonds is 2. The second-order valence-electron chi connectivity index (χ2n) is 13.4. The minimum atomic E-state index is -0.615. The summed E-state index contributed by atoms with van der Waals surface area (Å²) in [5.41, 5.74) is 12.9. The maximum Gasteiger partial charge on any atom is 0.160 e. The van der Waals surface area contributed by atoms with Crippen LogP contribution in [-0.4, -0.2) is 14.5 Å². The van der Waals surface area contributed by atoms with Crippen molar-refractivity contribution in [1.29, 1.82) is 0 Å². The molecule has 4 nitrogen and oxygen atoms in total. The molecule has 4 heteroatoms. The Bertz CT molecular complexity index is 2870. The molecule has 4 heterocycles. The fourth-order valence-electron chi connectivity index (χ4n) is 8.75. The van der Waals surface area contributed by atoms with Crippen molar-refractivity contribution in [3.05, 3.63) is 186 Å². The quantitative estimate of drug-likeness (QED) is 0.189. The summed E-state index contributed by atoms with van der Waals surface area (Å²) in [5.74, 6) is 2.34. The first kappa shape index (κ1) is 27.4. The topological polar surface area (TPSA) is 39.9 Å². The molecule has 2 aliphatic rings. The molecule has 0 amide bonds. The normalized spacial score (nSPS) is 15.5. The maximum atomic E-state index is 6.88. The molecule has 0 saturated heterocycles. The van der Waals surface area contributed by atoms with E-state index >= 15 is 0 Å². The Morgan fingerprint density at radius 2 is 1.18 bits per heavy atom. The zero-order chi connectivity index (χ0) is 33.0. The highest BCUT2D eigenvalue weighted by atomic mass is 16.5. The molecular formula is C46H29N3O. The van der Waals surface area contributed by atoms with Crippen molar-refractivity contribution in [3.8, 4) is 39.8 Å². The van der Waals surface area contributed by atoms with E-state index in [-0.39, 0.29) is 0 Å². The van der Waals surface area contributed by atoms with Gasteiger partial charge in [0.25, 0.3) is 0 Å². The van der Waals surface area contributed by atoms with Gasteiger partial charge in [0.2, 0.25) is 0 Å². The molecule has 1 atom stereocenters. The maximum absolute atomic E-state index is 6.88. The van der Waals surface area contributed by atoms with Gasteiger partial charge in [0.15, 0.2) is 5.82 Å². The average molecular weight is 640 g/mol. The first-order valence-corrected chi connectivity index (χ1v) is 17.1. The Kier molecular flexibility index (Phi) is 5.49. The van der Waals surface area contributed by atoms with Crippen molar-refractivity contribution in [2.45, 2.75) is 12.3 Å². The molecule has 1 unspecified atom stereocenters. The van der Waals surface area contributed by atoms with Gasteiger partial charge in [-0.25, -0.2) is 9.97 Å². The summed E-state index contributed by atoms with van der Waals surface area (Å²) in [6, 6.07) is 56.1. The van der Waals surface area contributed by atoms with E-state index in [9.17, 15) is 0 Å². The molecule has 0 bridgehead atoms. The van der Waals surface area contributed by atoms with Crippen LogP contribution in [0, 0.1) is 6.92 Å². The van der Waals surface area contributed by atoms with E-state index in [1.807, 2.05) is 18.2 Å². The number of hydrogen-bond donors (Lipinski definition) is 0. The number of aryl methyl sites for hydroxylation is 1. The van der Waals surface area contributed by atoms with Crippen molar-refractivity contribution < 1.29 is 4.74 Å². The Hall–Kier alpha value is -6.52. The molecule has 50 heavy (non-hydrogen) atoms. The number of nitrogens with zero attached hydrogens (tertiary/aromatic N) is 3. The first-order valence-electron chi connectivity index (χ1n) is 17.1. The predicted molar refractivity (Wildman–Crippen MR) is 201 cm³/mol. The van der Waals surface area contributed by atoms with Crippen LogP contribution in [0.1, 0.15) is 27.8 Å². The SMILES string of the molecule is Cc1cccc2c3cccc4c3n(c12)-c1ccccc1C41c2ccccc2Oc2cc(-c3nc(-c4ccccc4)c4ccccc4n3)ccc21. The molecule has 0 aliphatic carbocycles. The third-order valence-corrected chi connectivity index (χ3v) is 10.8. The molecule has 1 spiro atoms. The monoisotopic (exact) mass is 639 g/mol. The lowest BCUT2D eigenvalue weighted by Gasteiger charge is -2.45. The average Bonchev–Trinajstić information content (AvgIpc) is 3.52. The summed E-state index contributed by atoms with van der Waals surface area (Å²) >= 11 is 0. The molecule has 0 fully saturated rings. The van der Waals surface area contributed by atoms with Crippen LogP contribution in [0.4, 0.5) is 0 Å². The van der Waals surface area contributed by atoms with Gasteiger partial charge in [-0.05, 0) is 47.9 Å². The Morgan fingerprint density at radius 3 is 2.08 bits per heavy atom. The zero-order valence-electron chi connectivity index (χ0n) is 27.3. The lowest BCUT2D eigenvalue weighted by molar-refractivity contribution is 0.434. The van der Waals surface area contributed by atoms with Gasteiger partial charge in [-0.2, -0.15) is 0 Å². The Morgan fingerprint density at radius 1 is 0.500 bits per heavy atom. The fraction of sp³-hybridized carbons (Fsp3) is 0.0435. The number of para-hydroxylation sites is 5. The largest absolute Gasteiger partial charge is 0.457 e. The van der Waals surface area contributed by atoms with Crippen molar-refractivity contribution in [3.63, 3.8) is 0 Å². The summed E-state index contributed by atoms with van der Waals surface area (Å²) in [6.45, 7) is 2.22. The molecular weight excluding hydrogens is 611 g/mol. The van der Waals surface area contributed by atoms with Gasteiger partial charge >= 0.3 is 0 Å². The lowest BCUT2D eigenvalue weighted by atomic mass is 9.61. The van der Waals surface area contributed by atoms with Crippen molar-refractivity contribution in [2.75, 3.05) is 0 Å². The Labute approximate surface area is 288 Å². The summed E-state index contributed by atoms with van der Waals surface area (Å²) in [6.07, 6.45) is 0. The number of fused-ring (bicyclic) bond motifs is 12. The lowest BCUT2D eigenvalue weighted by Crippen LogP contribution is -2.37. The van der Waals surface area contributed by atoms with Gasteiger partial charge in [-0.3, -0.25) is 0 Å². The molecule has 0 N–H and O–H groups in total. The van der Waals surface area contributed by atoms with E-state index < -0.39 is 5.41 Å². The van der Waals surface area contributed by atoms with Crippen LogP contribution in [0.3, 0.4) is 0 Å². The summed E-state index contributed by atoms with van der Waals surface area (Å²) < 4.78 is 9.38. The second-order valence-corrected chi connectivity index (χ2v) is 13.4. The highest BCUT2D eigenvalue weighted by Gasteiger charge is 2.50. The second kappa shape index (κ2) is 10.0. The van der Waals surface area contributed by atoms with Crippen LogP contribution in [0.5, 0.6) is 11.5 Å². The Balaban J connectivity index is 1.23. The number of ether oxygens (including phenoxy) is 1. The van der Waals surface area contributed by atoms with Crippen LogP contribution in [0.2, 0.25) is 0 Å². The van der Waals surface area contributed by atoms with E-state index in [2.05, 4.69) is 151 Å². The molecule has 2 aromatic heterocycles. The number of aromatic nitrogens is 3. The minimum Gasteiger partial charge on any atom is -0.457 e. The van der Waals surface area contributed by atoms with E-state index in [4.69, 9.17) is 14.7 Å². The highest BCUT2D eigenvalue weighted by molar-refractivity contribution is 6.13. The highest BCUT2D eigenvalue weighted by Crippen LogP contribution is 2.60. The summed E-state index contributed by atoms with van der Waals surface area (Å²) in [5, 5.41) is 3.56. The van der Waals surface area contributed by atoms with Crippen LogP contribution in [0.15, 0.2) is 158 Å². The molecule has 2 aliphatic heterocycles. The van der Waals surface area contributed by atoms with Crippen molar-refractivity contribution in [2.24, 2.45) is 0 Å². The minimum absolute atomic E-state index is 0.615. The van der Waals surface area contributed by atoms with Crippen molar-refractivity contribution in [1.82, 2.24) is 14.5 Å². The molecule has 0 radical (unpaired) electrons. The van der Waals surface area contributed by atoms with E-state index in [0.717, 1.165) is 50.3 Å². The van der Waals surface area contributed by atoms with Crippen LogP contribution in [0.25, 0.3) is 61.0 Å². The van der Waals surface area contributed by atoms with Gasteiger partial charge < -0.3 is 9.30 Å². The van der Waals surface area contributed by atoms with Gasteiger partial charge in [-0.15, -0.1) is 0 Å². The van der Waals surface area contributed by atoms with Crippen LogP contribution < -0.4 is 4.74 Å². The van der Waals surface area contributed by atoms with Gasteiger partial charge in [0.1, 0.15) is 11.5 Å². The molecule has 11 rings (SSSR count). The zero-order valence-corrected chi connectivity index (χ0v) is 27.3. The summed E-state index contributed by atoms with van der Waals surface area (Å²) in [7, 11) is 0. The smallest absolute Gasteiger partial charge is 0.160 e. The summed E-state index contributed by atoms with van der Waals surface area (Å²) in [4.78, 5) is 10.3. The van der Waals surface area contributed by atoms with Crippen LogP contribution >= 0.6 is 0 Å². The molecule has 0 saturated carbocycles. The van der Waals surface area contributed by atoms with E-state index in [1.54, 1.807) is 0 Å². The van der Waals surface area contributed by atoms with E-state index in [1.165, 1.54) is 44.2 Å². The third kappa shape index (κ3) is 3.49. The fourth-order valence-corrected chi connectivity index (χ4v) is 8.75. The third-order valence-electron chi connectivity index (χ3n) is 10.8. The standard InChI is InChI=1S/C46H29N3O/c1-28-13-11-17-31-32-18-12-21-37-44(32)49(43(28)31)39-23-9-6-19-34(39)46(37)35-20-7-10-24-40(35)50-41-27-30(25-26-36(41)46)45-47-38-22-8-5-16-33(38)42(48-45)29-14-3-2-4-15-29/h2-27H,1H3. The van der Waals surface area contributed by atoms with Gasteiger partial charge in [-0.1, -0.05) is 133 Å². The van der Waals surface area contributed by atoms with Crippen molar-refractivity contribution >= 4 is 32.7 Å². The first-order chi connectivity index (χ1) is 24.7. The number of hydrogen-bond acceptors (Lipinski definition) is 3. The van der Waals surface area contributed by atoms with Gasteiger partial charge in [0.05, 0.1) is 33.3 Å². The van der Waals surface area contributed by atoms with Gasteiger partial charge in [0, 0.05) is 38.4 Å². The predicted octanol–water partition coefficient (Wildman–Crippen LogP) is 11.2. The molecule has 9 aromatic rings.